The molecule has 1 aliphatic rings. The van der Waals surface area contributed by atoms with E-state index < -0.39 is 0 Å². The van der Waals surface area contributed by atoms with Gasteiger partial charge in [0.25, 0.3) is 0 Å². The summed E-state index contributed by atoms with van der Waals surface area (Å²) >= 11 is 0. The van der Waals surface area contributed by atoms with Crippen molar-refractivity contribution in [1.29, 1.82) is 0 Å². The number of anilines is 1. The maximum absolute atomic E-state index is 13.2. The zero-order valence-corrected chi connectivity index (χ0v) is 12.4. The molecule has 2 N–H and O–H groups in total. The van der Waals surface area contributed by atoms with Gasteiger partial charge < -0.3 is 15.4 Å². The van der Waals surface area contributed by atoms with Crippen LogP contribution in [0.25, 0.3) is 0 Å². The molecule has 0 aliphatic carbocycles. The lowest BCUT2D eigenvalue weighted by molar-refractivity contribution is -0.121. The zero-order valence-electron chi connectivity index (χ0n) is 11.6. The monoisotopic (exact) mass is 302 g/mol. The van der Waals surface area contributed by atoms with Crippen molar-refractivity contribution >= 4 is 24.0 Å². The van der Waals surface area contributed by atoms with E-state index in [0.29, 0.717) is 24.0 Å². The first-order valence-corrected chi connectivity index (χ1v) is 6.55. The number of carbonyl (C=O) groups excluding carboxylic acids is 1. The van der Waals surface area contributed by atoms with Gasteiger partial charge in [0.2, 0.25) is 5.91 Å². The van der Waals surface area contributed by atoms with Crippen molar-refractivity contribution in [3.05, 3.63) is 24.0 Å². The van der Waals surface area contributed by atoms with Gasteiger partial charge in [-0.25, -0.2) is 4.39 Å². The molecular formula is C14H20ClFN2O2. The maximum Gasteiger partial charge on any atom is 0.227 e. The van der Waals surface area contributed by atoms with Crippen LogP contribution in [0.5, 0.6) is 5.75 Å². The molecule has 0 radical (unpaired) electrons. The summed E-state index contributed by atoms with van der Waals surface area (Å²) < 4.78 is 18.5. The van der Waals surface area contributed by atoms with Crippen LogP contribution in [-0.2, 0) is 4.79 Å². The van der Waals surface area contributed by atoms with Gasteiger partial charge in [0.05, 0.1) is 12.3 Å². The average molecular weight is 303 g/mol. The van der Waals surface area contributed by atoms with Crippen molar-refractivity contribution < 1.29 is 13.9 Å². The number of amides is 1. The van der Waals surface area contributed by atoms with Crippen LogP contribution >= 0.6 is 12.4 Å². The van der Waals surface area contributed by atoms with E-state index in [4.69, 9.17) is 4.74 Å². The Morgan fingerprint density at radius 3 is 2.80 bits per heavy atom. The highest BCUT2D eigenvalue weighted by Gasteiger charge is 2.29. The van der Waals surface area contributed by atoms with Crippen LogP contribution in [-0.4, -0.2) is 25.6 Å². The molecule has 112 valence electrons. The summed E-state index contributed by atoms with van der Waals surface area (Å²) in [4.78, 5) is 12.1. The van der Waals surface area contributed by atoms with Crippen molar-refractivity contribution in [2.24, 2.45) is 11.8 Å². The van der Waals surface area contributed by atoms with Gasteiger partial charge in [0, 0.05) is 12.0 Å². The number of hydrogen-bond acceptors (Lipinski definition) is 3. The first-order valence-electron chi connectivity index (χ1n) is 6.55. The number of carbonyl (C=O) groups is 1. The average Bonchev–Trinajstić information content (AvgIpc) is 2.30. The van der Waals surface area contributed by atoms with E-state index >= 15 is 0 Å². The molecule has 2 rings (SSSR count). The minimum absolute atomic E-state index is 0. The van der Waals surface area contributed by atoms with E-state index in [0.717, 1.165) is 13.1 Å². The number of rotatable bonds is 5. The summed E-state index contributed by atoms with van der Waals surface area (Å²) in [7, 11) is 0. The van der Waals surface area contributed by atoms with Gasteiger partial charge in [-0.15, -0.1) is 12.4 Å². The van der Waals surface area contributed by atoms with Crippen LogP contribution in [0.3, 0.4) is 0 Å². The molecular weight excluding hydrogens is 283 g/mol. The van der Waals surface area contributed by atoms with Crippen molar-refractivity contribution in [2.75, 3.05) is 25.0 Å². The largest absolute Gasteiger partial charge is 0.492 e. The predicted octanol–water partition coefficient (Wildman–Crippen LogP) is 2.44. The fraction of sp³-hybridized carbons (Fsp3) is 0.500. The zero-order chi connectivity index (χ0) is 13.8. The van der Waals surface area contributed by atoms with E-state index in [9.17, 15) is 9.18 Å². The topological polar surface area (TPSA) is 50.4 Å². The molecule has 0 bridgehead atoms. The van der Waals surface area contributed by atoms with E-state index in [1.807, 2.05) is 13.8 Å². The molecule has 0 spiro atoms. The summed E-state index contributed by atoms with van der Waals surface area (Å²) in [5.74, 6) is 0.239. The second-order valence-corrected chi connectivity index (χ2v) is 4.77. The Bertz CT molecular complexity index is 466. The highest BCUT2D eigenvalue weighted by molar-refractivity contribution is 5.94. The standard InChI is InChI=1S/C14H19FN2O2.ClH/c1-3-19-13-6-11(15)4-5-12(13)17-14(18)9(2)10-7-16-8-10;/h4-6,9-10,16H,3,7-8H2,1-2H3,(H,17,18);1H. The van der Waals surface area contributed by atoms with Crippen molar-refractivity contribution in [3.63, 3.8) is 0 Å². The number of ether oxygens (including phenoxy) is 1. The van der Waals surface area contributed by atoms with Crippen LogP contribution in [0.2, 0.25) is 0 Å². The van der Waals surface area contributed by atoms with Gasteiger partial charge in [-0.3, -0.25) is 4.79 Å². The Kier molecular flexibility index (Phi) is 6.23. The van der Waals surface area contributed by atoms with Crippen molar-refractivity contribution in [2.45, 2.75) is 13.8 Å². The normalized spacial score (nSPS) is 15.8. The smallest absolute Gasteiger partial charge is 0.227 e. The molecule has 1 fully saturated rings. The highest BCUT2D eigenvalue weighted by atomic mass is 35.5. The predicted molar refractivity (Wildman–Crippen MR) is 79.0 cm³/mol. The number of hydrogen-bond donors (Lipinski definition) is 2. The highest BCUT2D eigenvalue weighted by Crippen LogP contribution is 2.27. The van der Waals surface area contributed by atoms with Gasteiger partial charge in [0.15, 0.2) is 0 Å². The van der Waals surface area contributed by atoms with E-state index in [2.05, 4.69) is 10.6 Å². The van der Waals surface area contributed by atoms with E-state index in [1.54, 1.807) is 0 Å². The third kappa shape index (κ3) is 3.84. The molecule has 1 unspecified atom stereocenters. The molecule has 0 saturated carbocycles. The summed E-state index contributed by atoms with van der Waals surface area (Å²) in [6.45, 7) is 5.89. The third-order valence-electron chi connectivity index (χ3n) is 3.44. The fourth-order valence-corrected chi connectivity index (χ4v) is 2.00. The van der Waals surface area contributed by atoms with Gasteiger partial charge in [0.1, 0.15) is 11.6 Å². The van der Waals surface area contributed by atoms with Crippen LogP contribution in [0.1, 0.15) is 13.8 Å². The molecule has 1 aromatic carbocycles. The van der Waals surface area contributed by atoms with Gasteiger partial charge in [-0.05, 0) is 38.1 Å². The lowest BCUT2D eigenvalue weighted by atomic mass is 9.88. The molecule has 1 aromatic rings. The molecule has 4 nitrogen and oxygen atoms in total. The summed E-state index contributed by atoms with van der Waals surface area (Å²) in [5.41, 5.74) is 0.521. The van der Waals surface area contributed by atoms with E-state index in [1.165, 1.54) is 18.2 Å². The van der Waals surface area contributed by atoms with Gasteiger partial charge >= 0.3 is 0 Å². The maximum atomic E-state index is 13.2. The van der Waals surface area contributed by atoms with Crippen molar-refractivity contribution in [3.8, 4) is 5.75 Å². The molecule has 1 amide bonds. The number of benzene rings is 1. The van der Waals surface area contributed by atoms with Crippen LogP contribution in [0, 0.1) is 17.7 Å². The minimum Gasteiger partial charge on any atom is -0.492 e. The van der Waals surface area contributed by atoms with Crippen LogP contribution < -0.4 is 15.4 Å². The second kappa shape index (κ2) is 7.45. The molecule has 0 aromatic heterocycles. The molecule has 1 heterocycles. The van der Waals surface area contributed by atoms with Crippen LogP contribution in [0.15, 0.2) is 18.2 Å². The van der Waals surface area contributed by atoms with Gasteiger partial charge in [-0.1, -0.05) is 6.92 Å². The Morgan fingerprint density at radius 1 is 1.55 bits per heavy atom. The lowest BCUT2D eigenvalue weighted by Crippen LogP contribution is -2.48. The molecule has 1 saturated heterocycles. The first kappa shape index (κ1) is 16.7. The SMILES string of the molecule is CCOc1cc(F)ccc1NC(=O)C(C)C1CNC1.Cl. The number of halogens is 2. The Morgan fingerprint density at radius 2 is 2.25 bits per heavy atom. The summed E-state index contributed by atoms with van der Waals surface area (Å²) in [6, 6.07) is 4.13. The fourth-order valence-electron chi connectivity index (χ4n) is 2.00. The molecule has 1 aliphatic heterocycles. The first-order chi connectivity index (χ1) is 9.11. The number of nitrogens with one attached hydrogen (secondary N) is 2. The summed E-state index contributed by atoms with van der Waals surface area (Å²) in [5, 5.41) is 5.96. The minimum atomic E-state index is -0.377. The molecule has 20 heavy (non-hydrogen) atoms. The Balaban J connectivity index is 0.00000200. The Labute approximate surface area is 124 Å². The second-order valence-electron chi connectivity index (χ2n) is 4.77. The van der Waals surface area contributed by atoms with Crippen molar-refractivity contribution in [1.82, 2.24) is 5.32 Å². The Hall–Kier alpha value is -1.33. The molecule has 1 atom stereocenters. The summed E-state index contributed by atoms with van der Waals surface area (Å²) in [6.07, 6.45) is 0. The quantitative estimate of drug-likeness (QED) is 0.878. The van der Waals surface area contributed by atoms with E-state index in [-0.39, 0.29) is 30.0 Å². The lowest BCUT2D eigenvalue weighted by Gasteiger charge is -2.31. The van der Waals surface area contributed by atoms with Gasteiger partial charge in [-0.2, -0.15) is 0 Å². The third-order valence-corrected chi connectivity index (χ3v) is 3.44. The van der Waals surface area contributed by atoms with Crippen LogP contribution in [0.4, 0.5) is 10.1 Å². The molecule has 6 heteroatoms.